The van der Waals surface area contributed by atoms with Gasteiger partial charge in [0.05, 0.1) is 0 Å². The Balaban J connectivity index is 3.67. The van der Waals surface area contributed by atoms with Gasteiger partial charge in [0.25, 0.3) is 0 Å². The minimum atomic E-state index is -3.58. The molecule has 0 aliphatic rings. The van der Waals surface area contributed by atoms with Gasteiger partial charge in [-0.2, -0.15) is 8.78 Å². The first-order valence-corrected chi connectivity index (χ1v) is 5.98. The fourth-order valence-corrected chi connectivity index (χ4v) is 1.49. The average Bonchev–Trinajstić information content (AvgIpc) is 2.02. The second-order valence-electron chi connectivity index (χ2n) is 3.06. The van der Waals surface area contributed by atoms with Crippen LogP contribution < -0.4 is 0 Å². The van der Waals surface area contributed by atoms with Crippen LogP contribution in [-0.2, 0) is 0 Å². The lowest BCUT2D eigenvalue weighted by atomic mass is 10.1. The van der Waals surface area contributed by atoms with Gasteiger partial charge in [0.2, 0.25) is 0 Å². The highest BCUT2D eigenvalue weighted by molar-refractivity contribution is 6.52. The molecule has 0 aliphatic carbocycles. The second kappa shape index (κ2) is 6.57. The molecule has 0 radical (unpaired) electrons. The highest BCUT2D eigenvalue weighted by Crippen LogP contribution is 2.45. The van der Waals surface area contributed by atoms with Gasteiger partial charge in [0.15, 0.2) is 4.33 Å². The van der Waals surface area contributed by atoms with Gasteiger partial charge < -0.3 is 0 Å². The predicted octanol–water partition coefficient (Wildman–Crippen LogP) is 5.18. The zero-order valence-electron chi connectivity index (χ0n) is 7.51. The fourth-order valence-electron chi connectivity index (χ4n) is 0.937. The largest absolute Gasteiger partial charge is 0.354 e. The summed E-state index contributed by atoms with van der Waals surface area (Å²) in [5.41, 5.74) is 0. The van der Waals surface area contributed by atoms with E-state index in [1.807, 2.05) is 0 Å². The summed E-state index contributed by atoms with van der Waals surface area (Å²) in [5, 5.41) is -3.58. The molecular weight excluding hydrogens is 276 g/mol. The molecule has 0 aromatic rings. The van der Waals surface area contributed by atoms with E-state index in [1.54, 1.807) is 0 Å². The minimum Gasteiger partial charge on any atom is -0.185 e. The molecule has 0 saturated heterocycles. The van der Waals surface area contributed by atoms with Crippen molar-refractivity contribution >= 4 is 46.4 Å². The maximum absolute atomic E-state index is 12.6. The van der Waals surface area contributed by atoms with Crippen LogP contribution in [0.15, 0.2) is 0 Å². The van der Waals surface area contributed by atoms with Crippen molar-refractivity contribution in [3.05, 3.63) is 0 Å². The monoisotopic (exact) mass is 286 g/mol. The van der Waals surface area contributed by atoms with Crippen LogP contribution in [0.1, 0.15) is 32.1 Å². The Bertz CT molecular complexity index is 156. The van der Waals surface area contributed by atoms with Crippen LogP contribution in [0.2, 0.25) is 0 Å². The Morgan fingerprint density at radius 3 is 1.79 bits per heavy atom. The van der Waals surface area contributed by atoms with E-state index >= 15 is 0 Å². The molecule has 0 saturated carbocycles. The summed E-state index contributed by atoms with van der Waals surface area (Å²) in [4.78, 5) is 0. The van der Waals surface area contributed by atoms with Crippen molar-refractivity contribution in [3.63, 3.8) is 0 Å². The van der Waals surface area contributed by atoms with Crippen molar-refractivity contribution < 1.29 is 8.78 Å². The van der Waals surface area contributed by atoms with E-state index in [0.717, 1.165) is 19.3 Å². The Morgan fingerprint density at radius 2 is 1.36 bits per heavy atom. The minimum absolute atomic E-state index is 0.0190. The zero-order chi connectivity index (χ0) is 11.2. The van der Waals surface area contributed by atoms with Gasteiger partial charge in [-0.1, -0.05) is 42.5 Å². The van der Waals surface area contributed by atoms with Crippen LogP contribution in [0.4, 0.5) is 8.78 Å². The van der Waals surface area contributed by atoms with Gasteiger partial charge in [-0.25, -0.2) is 0 Å². The maximum Gasteiger partial charge on any atom is 0.354 e. The molecule has 0 fully saturated rings. The van der Waals surface area contributed by atoms with E-state index in [0.29, 0.717) is 12.3 Å². The lowest BCUT2D eigenvalue weighted by Gasteiger charge is -2.23. The number of halogens is 6. The molecule has 0 aliphatic heterocycles. The van der Waals surface area contributed by atoms with Crippen molar-refractivity contribution in [2.24, 2.45) is 0 Å². The number of unbranched alkanes of at least 4 members (excludes halogenated alkanes) is 3. The van der Waals surface area contributed by atoms with Gasteiger partial charge in [-0.05, 0) is 24.4 Å². The van der Waals surface area contributed by atoms with Gasteiger partial charge >= 0.3 is 5.38 Å². The second-order valence-corrected chi connectivity index (χ2v) is 5.39. The van der Waals surface area contributed by atoms with E-state index in [-0.39, 0.29) is 6.42 Å². The first-order chi connectivity index (χ1) is 6.31. The molecule has 0 N–H and O–H groups in total. The van der Waals surface area contributed by atoms with Gasteiger partial charge in [-0.15, -0.1) is 11.6 Å². The first kappa shape index (κ1) is 15.0. The standard InChI is InChI=1S/C8H12Cl4F2/c9-6-4-2-1-3-5-7(10,11)8(12,13)14/h1-6H2. The molecular formula is C8H12Cl4F2. The van der Waals surface area contributed by atoms with Gasteiger partial charge in [-0.3, -0.25) is 0 Å². The molecule has 0 unspecified atom stereocenters. The normalized spacial score (nSPS) is 13.3. The Morgan fingerprint density at radius 1 is 0.857 bits per heavy atom. The molecule has 0 nitrogen and oxygen atoms in total. The molecule has 0 spiro atoms. The summed E-state index contributed by atoms with van der Waals surface area (Å²) in [5.74, 6) is 0.582. The Labute approximate surface area is 103 Å². The van der Waals surface area contributed by atoms with Crippen molar-refractivity contribution in [2.45, 2.75) is 41.8 Å². The van der Waals surface area contributed by atoms with E-state index in [9.17, 15) is 8.78 Å². The molecule has 6 heteroatoms. The van der Waals surface area contributed by atoms with Crippen LogP contribution in [0.5, 0.6) is 0 Å². The molecule has 0 rings (SSSR count). The highest BCUT2D eigenvalue weighted by atomic mass is 35.5. The molecule has 0 aromatic carbocycles. The average molecular weight is 288 g/mol. The molecule has 86 valence electrons. The molecule has 14 heavy (non-hydrogen) atoms. The SMILES string of the molecule is FC(F)(Cl)C(Cl)(Cl)CCCCCCCl. The first-order valence-electron chi connectivity index (χ1n) is 4.32. The van der Waals surface area contributed by atoms with E-state index < -0.39 is 9.72 Å². The highest BCUT2D eigenvalue weighted by Gasteiger charge is 2.49. The van der Waals surface area contributed by atoms with Crippen LogP contribution in [0, 0.1) is 0 Å². The van der Waals surface area contributed by atoms with Crippen molar-refractivity contribution in [1.29, 1.82) is 0 Å². The number of rotatable bonds is 7. The zero-order valence-corrected chi connectivity index (χ0v) is 10.5. The van der Waals surface area contributed by atoms with Crippen molar-refractivity contribution in [2.75, 3.05) is 5.88 Å². The Kier molecular flexibility index (Phi) is 7.05. The Hall–Kier alpha value is 1.02. The topological polar surface area (TPSA) is 0 Å². The van der Waals surface area contributed by atoms with Crippen LogP contribution in [0.3, 0.4) is 0 Å². The fraction of sp³-hybridized carbons (Fsp3) is 1.00. The van der Waals surface area contributed by atoms with Crippen LogP contribution in [-0.4, -0.2) is 15.6 Å². The van der Waals surface area contributed by atoms with E-state index in [4.69, 9.17) is 46.4 Å². The quantitative estimate of drug-likeness (QED) is 0.447. The number of hydrogen-bond acceptors (Lipinski definition) is 0. The lowest BCUT2D eigenvalue weighted by molar-refractivity contribution is 0.0722. The smallest absolute Gasteiger partial charge is 0.185 e. The van der Waals surface area contributed by atoms with Gasteiger partial charge in [0.1, 0.15) is 0 Å². The van der Waals surface area contributed by atoms with E-state index in [1.165, 1.54) is 0 Å². The van der Waals surface area contributed by atoms with Crippen LogP contribution in [0.25, 0.3) is 0 Å². The van der Waals surface area contributed by atoms with Crippen molar-refractivity contribution in [3.8, 4) is 0 Å². The molecule has 0 amide bonds. The molecule has 0 aromatic heterocycles. The van der Waals surface area contributed by atoms with Gasteiger partial charge in [0, 0.05) is 5.88 Å². The number of alkyl halides is 6. The third kappa shape index (κ3) is 5.79. The maximum atomic E-state index is 12.6. The summed E-state index contributed by atoms with van der Waals surface area (Å²) in [6, 6.07) is 0. The lowest BCUT2D eigenvalue weighted by Crippen LogP contribution is -2.32. The third-order valence-corrected chi connectivity index (χ3v) is 3.43. The van der Waals surface area contributed by atoms with E-state index in [2.05, 4.69) is 0 Å². The van der Waals surface area contributed by atoms with Crippen LogP contribution >= 0.6 is 46.4 Å². The molecule has 0 atom stereocenters. The molecule has 0 bridgehead atoms. The third-order valence-electron chi connectivity index (χ3n) is 1.79. The number of hydrogen-bond donors (Lipinski definition) is 0. The predicted molar refractivity (Wildman–Crippen MR) is 59.0 cm³/mol. The molecule has 0 heterocycles. The summed E-state index contributed by atoms with van der Waals surface area (Å²) in [6.07, 6.45) is 3.04. The summed E-state index contributed by atoms with van der Waals surface area (Å²) >= 11 is 21.0. The van der Waals surface area contributed by atoms with Crippen molar-refractivity contribution in [1.82, 2.24) is 0 Å². The summed E-state index contributed by atoms with van der Waals surface area (Å²) in [6.45, 7) is 0. The summed E-state index contributed by atoms with van der Waals surface area (Å²) < 4.78 is 22.9. The summed E-state index contributed by atoms with van der Waals surface area (Å²) in [7, 11) is 0.